The van der Waals surface area contributed by atoms with E-state index in [4.69, 9.17) is 15.7 Å². The second-order valence-corrected chi connectivity index (χ2v) is 3.92. The Labute approximate surface area is 112 Å². The normalized spacial score (nSPS) is 11.4. The molecule has 0 amide bonds. The SMILES string of the molecule is CCCN(CCC)c1nc(OC)nc(/C(N)=N/O)n1. The van der Waals surface area contributed by atoms with E-state index in [1.807, 2.05) is 4.90 Å². The van der Waals surface area contributed by atoms with Gasteiger partial charge in [-0.1, -0.05) is 19.0 Å². The van der Waals surface area contributed by atoms with Gasteiger partial charge in [-0.3, -0.25) is 0 Å². The first-order chi connectivity index (χ1) is 9.15. The van der Waals surface area contributed by atoms with Gasteiger partial charge in [0.1, 0.15) is 0 Å². The fourth-order valence-corrected chi connectivity index (χ4v) is 1.59. The van der Waals surface area contributed by atoms with Crippen LogP contribution in [0.3, 0.4) is 0 Å². The van der Waals surface area contributed by atoms with Gasteiger partial charge in [-0.25, -0.2) is 0 Å². The molecule has 0 bridgehead atoms. The van der Waals surface area contributed by atoms with E-state index in [2.05, 4.69) is 34.0 Å². The van der Waals surface area contributed by atoms with Crippen molar-refractivity contribution in [3.63, 3.8) is 0 Å². The second kappa shape index (κ2) is 7.34. The first kappa shape index (κ1) is 14.9. The molecule has 0 aliphatic heterocycles. The van der Waals surface area contributed by atoms with Gasteiger partial charge in [0, 0.05) is 13.1 Å². The maximum atomic E-state index is 8.70. The maximum Gasteiger partial charge on any atom is 0.321 e. The molecule has 19 heavy (non-hydrogen) atoms. The number of rotatable bonds is 7. The average molecular weight is 268 g/mol. The van der Waals surface area contributed by atoms with Crippen LogP contribution in [0.15, 0.2) is 5.16 Å². The first-order valence-corrected chi connectivity index (χ1v) is 6.19. The van der Waals surface area contributed by atoms with Crippen LogP contribution in [0.25, 0.3) is 0 Å². The van der Waals surface area contributed by atoms with Crippen molar-refractivity contribution in [2.24, 2.45) is 10.9 Å². The summed E-state index contributed by atoms with van der Waals surface area (Å²) in [6.45, 7) is 5.78. The minimum atomic E-state index is -0.171. The zero-order valence-electron chi connectivity index (χ0n) is 11.5. The van der Waals surface area contributed by atoms with Crippen molar-refractivity contribution in [3.8, 4) is 6.01 Å². The summed E-state index contributed by atoms with van der Waals surface area (Å²) in [4.78, 5) is 14.3. The van der Waals surface area contributed by atoms with Crippen LogP contribution in [0, 0.1) is 0 Å². The molecule has 1 aromatic heterocycles. The number of anilines is 1. The Kier molecular flexibility index (Phi) is 5.77. The van der Waals surface area contributed by atoms with E-state index >= 15 is 0 Å². The van der Waals surface area contributed by atoms with Crippen molar-refractivity contribution >= 4 is 11.8 Å². The van der Waals surface area contributed by atoms with Crippen LogP contribution in [0.4, 0.5) is 5.95 Å². The zero-order chi connectivity index (χ0) is 14.3. The molecular formula is C11H20N6O2. The van der Waals surface area contributed by atoms with Gasteiger partial charge in [-0.15, -0.1) is 0 Å². The average Bonchev–Trinajstić information content (AvgIpc) is 2.45. The lowest BCUT2D eigenvalue weighted by Crippen LogP contribution is -2.29. The first-order valence-electron chi connectivity index (χ1n) is 6.19. The third kappa shape index (κ3) is 3.94. The molecule has 106 valence electrons. The molecule has 0 aliphatic rings. The molecule has 8 nitrogen and oxygen atoms in total. The van der Waals surface area contributed by atoms with Gasteiger partial charge in [0.15, 0.2) is 0 Å². The summed E-state index contributed by atoms with van der Waals surface area (Å²) in [5.41, 5.74) is 5.51. The van der Waals surface area contributed by atoms with Crippen molar-refractivity contribution < 1.29 is 9.94 Å². The van der Waals surface area contributed by atoms with E-state index in [0.29, 0.717) is 5.95 Å². The molecule has 1 heterocycles. The molecule has 0 aromatic carbocycles. The van der Waals surface area contributed by atoms with Crippen molar-refractivity contribution in [2.75, 3.05) is 25.1 Å². The summed E-state index contributed by atoms with van der Waals surface area (Å²) in [7, 11) is 1.46. The van der Waals surface area contributed by atoms with Crippen molar-refractivity contribution in [1.82, 2.24) is 15.0 Å². The Bertz CT molecular complexity index is 431. The third-order valence-corrected chi connectivity index (χ3v) is 2.39. The van der Waals surface area contributed by atoms with E-state index < -0.39 is 0 Å². The van der Waals surface area contributed by atoms with Crippen LogP contribution >= 0.6 is 0 Å². The Hall–Kier alpha value is -2.12. The number of oxime groups is 1. The number of hydrogen-bond donors (Lipinski definition) is 2. The predicted molar refractivity (Wildman–Crippen MR) is 71.7 cm³/mol. The fraction of sp³-hybridized carbons (Fsp3) is 0.636. The smallest absolute Gasteiger partial charge is 0.321 e. The van der Waals surface area contributed by atoms with E-state index in [1.165, 1.54) is 7.11 Å². The number of amidine groups is 1. The quantitative estimate of drug-likeness (QED) is 0.322. The van der Waals surface area contributed by atoms with E-state index in [-0.39, 0.29) is 17.7 Å². The molecule has 0 fully saturated rings. The number of hydrogen-bond acceptors (Lipinski definition) is 7. The highest BCUT2D eigenvalue weighted by molar-refractivity contribution is 5.93. The zero-order valence-corrected chi connectivity index (χ0v) is 11.5. The van der Waals surface area contributed by atoms with Crippen LogP contribution < -0.4 is 15.4 Å². The number of nitrogens with zero attached hydrogens (tertiary/aromatic N) is 5. The molecule has 0 unspecified atom stereocenters. The highest BCUT2D eigenvalue weighted by Gasteiger charge is 2.15. The molecule has 0 radical (unpaired) electrons. The fourth-order valence-electron chi connectivity index (χ4n) is 1.59. The molecule has 0 aliphatic carbocycles. The van der Waals surface area contributed by atoms with Crippen LogP contribution in [0.1, 0.15) is 32.5 Å². The van der Waals surface area contributed by atoms with Crippen LogP contribution in [0.5, 0.6) is 6.01 Å². The summed E-state index contributed by atoms with van der Waals surface area (Å²) < 4.78 is 5.02. The molecule has 0 atom stereocenters. The van der Waals surface area contributed by atoms with Gasteiger partial charge in [0.2, 0.25) is 17.6 Å². The van der Waals surface area contributed by atoms with Crippen LogP contribution in [-0.4, -0.2) is 46.2 Å². The van der Waals surface area contributed by atoms with Crippen LogP contribution in [0.2, 0.25) is 0 Å². The number of ether oxygens (including phenoxy) is 1. The summed E-state index contributed by atoms with van der Waals surface area (Å²) in [5.74, 6) is 0.397. The lowest BCUT2D eigenvalue weighted by molar-refractivity contribution is 0.318. The van der Waals surface area contributed by atoms with Gasteiger partial charge in [-0.05, 0) is 12.8 Å². The van der Waals surface area contributed by atoms with Gasteiger partial charge in [0.25, 0.3) is 0 Å². The number of methoxy groups -OCH3 is 1. The largest absolute Gasteiger partial charge is 0.467 e. The summed E-state index contributed by atoms with van der Waals surface area (Å²) in [5, 5.41) is 11.6. The number of nitrogens with two attached hydrogens (primary N) is 1. The van der Waals surface area contributed by atoms with Crippen molar-refractivity contribution in [2.45, 2.75) is 26.7 Å². The van der Waals surface area contributed by atoms with E-state index in [9.17, 15) is 0 Å². The standard InChI is InChI=1S/C11H20N6O2/c1-4-6-17(7-5-2)10-13-9(8(12)16-18)14-11(15-10)19-3/h18H,4-7H2,1-3H3,(H2,12,16). The Morgan fingerprint density at radius 2 is 1.89 bits per heavy atom. The van der Waals surface area contributed by atoms with E-state index in [1.54, 1.807) is 0 Å². The lowest BCUT2D eigenvalue weighted by Gasteiger charge is -2.21. The van der Waals surface area contributed by atoms with E-state index in [0.717, 1.165) is 25.9 Å². The minimum absolute atomic E-state index is 0.0987. The van der Waals surface area contributed by atoms with Gasteiger partial charge >= 0.3 is 6.01 Å². The predicted octanol–water partition coefficient (Wildman–Crippen LogP) is 0.601. The van der Waals surface area contributed by atoms with Crippen molar-refractivity contribution in [3.05, 3.63) is 5.82 Å². The molecule has 0 spiro atoms. The summed E-state index contributed by atoms with van der Waals surface area (Å²) >= 11 is 0. The highest BCUT2D eigenvalue weighted by atomic mass is 16.5. The second-order valence-electron chi connectivity index (χ2n) is 3.92. The summed E-state index contributed by atoms with van der Waals surface area (Å²) in [6.07, 6.45) is 1.93. The monoisotopic (exact) mass is 268 g/mol. The number of aromatic nitrogens is 3. The molecule has 3 N–H and O–H groups in total. The summed E-state index contributed by atoms with van der Waals surface area (Å²) in [6, 6.07) is 0.142. The Morgan fingerprint density at radius 1 is 1.26 bits per heavy atom. The van der Waals surface area contributed by atoms with Crippen molar-refractivity contribution in [1.29, 1.82) is 0 Å². The molecule has 0 saturated carbocycles. The Balaban J connectivity index is 3.16. The molecule has 8 heteroatoms. The Morgan fingerprint density at radius 3 is 2.37 bits per heavy atom. The minimum Gasteiger partial charge on any atom is -0.467 e. The van der Waals surface area contributed by atoms with Crippen LogP contribution in [-0.2, 0) is 0 Å². The molecule has 0 saturated heterocycles. The topological polar surface area (TPSA) is 110 Å². The van der Waals surface area contributed by atoms with Gasteiger partial charge in [0.05, 0.1) is 7.11 Å². The molecule has 1 aromatic rings. The highest BCUT2D eigenvalue weighted by Crippen LogP contribution is 2.13. The molecular weight excluding hydrogens is 248 g/mol. The van der Waals surface area contributed by atoms with Gasteiger partial charge in [-0.2, -0.15) is 15.0 Å². The third-order valence-electron chi connectivity index (χ3n) is 2.39. The maximum absolute atomic E-state index is 8.70. The van der Waals surface area contributed by atoms with Gasteiger partial charge < -0.3 is 20.6 Å². The molecule has 1 rings (SSSR count). The lowest BCUT2D eigenvalue weighted by atomic mass is 10.4.